The highest BCUT2D eigenvalue weighted by atomic mass is 16.1. The van der Waals surface area contributed by atoms with Crippen molar-refractivity contribution in [3.05, 3.63) is 0 Å². The van der Waals surface area contributed by atoms with Gasteiger partial charge in [0.1, 0.15) is 5.78 Å². The summed E-state index contributed by atoms with van der Waals surface area (Å²) in [6.45, 7) is 4.95. The van der Waals surface area contributed by atoms with Crippen LogP contribution in [-0.2, 0) is 4.79 Å². The summed E-state index contributed by atoms with van der Waals surface area (Å²) in [7, 11) is 2.02. The van der Waals surface area contributed by atoms with Gasteiger partial charge in [-0.3, -0.25) is 9.69 Å². The van der Waals surface area contributed by atoms with Crippen molar-refractivity contribution in [3.8, 4) is 0 Å². The third-order valence-electron chi connectivity index (χ3n) is 2.23. The largest absolute Gasteiger partial charge is 0.298 e. The lowest BCUT2D eigenvalue weighted by Gasteiger charge is -2.14. The summed E-state index contributed by atoms with van der Waals surface area (Å²) in [6.07, 6.45) is 1.05. The summed E-state index contributed by atoms with van der Waals surface area (Å²) in [4.78, 5) is 13.1. The summed E-state index contributed by atoms with van der Waals surface area (Å²) >= 11 is 0. The van der Waals surface area contributed by atoms with Crippen LogP contribution in [0.1, 0.15) is 20.3 Å². The summed E-state index contributed by atoms with van der Waals surface area (Å²) < 4.78 is 0. The Hall–Kier alpha value is -0.370. The predicted octanol–water partition coefficient (Wildman–Crippen LogP) is 0.916. The fraction of sp³-hybridized carbons (Fsp3) is 0.875. The van der Waals surface area contributed by atoms with Gasteiger partial charge in [0.05, 0.1) is 6.04 Å². The molecule has 0 aromatic rings. The molecule has 0 saturated carbocycles. The Kier molecular flexibility index (Phi) is 2.09. The van der Waals surface area contributed by atoms with E-state index < -0.39 is 0 Å². The highest BCUT2D eigenvalue weighted by molar-refractivity contribution is 5.81. The van der Waals surface area contributed by atoms with Crippen molar-refractivity contribution in [1.29, 1.82) is 0 Å². The first kappa shape index (κ1) is 7.73. The number of hydrogen-bond acceptors (Lipinski definition) is 2. The highest BCUT2D eigenvalue weighted by Gasteiger charge is 2.29. The molecule has 0 bridgehead atoms. The van der Waals surface area contributed by atoms with Gasteiger partial charge in [-0.2, -0.15) is 0 Å². The molecule has 0 aromatic carbocycles. The van der Waals surface area contributed by atoms with Crippen LogP contribution >= 0.6 is 0 Å². The van der Waals surface area contributed by atoms with Crippen LogP contribution in [0, 0.1) is 5.92 Å². The minimum Gasteiger partial charge on any atom is -0.298 e. The van der Waals surface area contributed by atoms with Crippen molar-refractivity contribution < 1.29 is 4.79 Å². The zero-order valence-electron chi connectivity index (χ0n) is 6.92. The van der Waals surface area contributed by atoms with Crippen molar-refractivity contribution in [2.75, 3.05) is 13.6 Å². The van der Waals surface area contributed by atoms with Gasteiger partial charge in [-0.05, 0) is 26.3 Å². The molecule has 1 unspecified atom stereocenters. The Balaban J connectivity index is 2.54. The van der Waals surface area contributed by atoms with E-state index in [1.54, 1.807) is 6.92 Å². The standard InChI is InChI=1S/C8H15NO/c1-6-4-8(7(2)10)9(3)5-6/h6,8H,4-5H2,1-3H3/t6?,8-/m0/s1. The molecule has 2 nitrogen and oxygen atoms in total. The van der Waals surface area contributed by atoms with Crippen LogP contribution in [0.15, 0.2) is 0 Å². The Labute approximate surface area is 62.2 Å². The number of Topliss-reactive ketones (excluding diaryl/α,β-unsaturated/α-hetero) is 1. The molecule has 1 aliphatic rings. The first-order valence-electron chi connectivity index (χ1n) is 3.82. The van der Waals surface area contributed by atoms with E-state index in [4.69, 9.17) is 0 Å². The first-order chi connectivity index (χ1) is 4.61. The van der Waals surface area contributed by atoms with E-state index in [0.29, 0.717) is 11.7 Å². The summed E-state index contributed by atoms with van der Waals surface area (Å²) in [5.74, 6) is 1.01. The van der Waals surface area contributed by atoms with Gasteiger partial charge in [0.25, 0.3) is 0 Å². The van der Waals surface area contributed by atoms with Crippen molar-refractivity contribution in [2.24, 2.45) is 5.92 Å². The number of hydrogen-bond donors (Lipinski definition) is 0. The molecule has 1 rings (SSSR count). The molecule has 1 saturated heterocycles. The zero-order chi connectivity index (χ0) is 7.72. The third kappa shape index (κ3) is 1.37. The molecule has 1 heterocycles. The Morgan fingerprint density at radius 2 is 2.20 bits per heavy atom. The average molecular weight is 141 g/mol. The molecule has 58 valence electrons. The van der Waals surface area contributed by atoms with Gasteiger partial charge in [0, 0.05) is 6.54 Å². The Morgan fingerprint density at radius 3 is 2.40 bits per heavy atom. The lowest BCUT2D eigenvalue weighted by atomic mass is 10.1. The van der Waals surface area contributed by atoms with Gasteiger partial charge >= 0.3 is 0 Å². The van der Waals surface area contributed by atoms with Crippen LogP contribution in [0.4, 0.5) is 0 Å². The second-order valence-electron chi connectivity index (χ2n) is 3.41. The summed E-state index contributed by atoms with van der Waals surface area (Å²) in [5, 5.41) is 0. The van der Waals surface area contributed by atoms with Crippen LogP contribution < -0.4 is 0 Å². The molecule has 0 N–H and O–H groups in total. The molecule has 10 heavy (non-hydrogen) atoms. The lowest BCUT2D eigenvalue weighted by Crippen LogP contribution is -2.30. The second kappa shape index (κ2) is 2.70. The highest BCUT2D eigenvalue weighted by Crippen LogP contribution is 2.20. The van der Waals surface area contributed by atoms with Crippen LogP contribution in [-0.4, -0.2) is 30.3 Å². The molecule has 0 amide bonds. The summed E-state index contributed by atoms with van der Waals surface area (Å²) in [5.41, 5.74) is 0. The molecule has 1 fully saturated rings. The van der Waals surface area contributed by atoms with Crippen molar-refractivity contribution in [2.45, 2.75) is 26.3 Å². The minimum absolute atomic E-state index is 0.204. The Morgan fingerprint density at radius 1 is 1.60 bits per heavy atom. The first-order valence-corrected chi connectivity index (χ1v) is 3.82. The maximum Gasteiger partial charge on any atom is 0.146 e. The van der Waals surface area contributed by atoms with E-state index in [9.17, 15) is 4.79 Å². The fourth-order valence-electron chi connectivity index (χ4n) is 1.73. The maximum absolute atomic E-state index is 11.0. The quantitative estimate of drug-likeness (QED) is 0.541. The smallest absolute Gasteiger partial charge is 0.146 e. The molecule has 2 atom stereocenters. The van der Waals surface area contributed by atoms with Crippen LogP contribution in [0.3, 0.4) is 0 Å². The van der Waals surface area contributed by atoms with E-state index in [1.165, 1.54) is 0 Å². The topological polar surface area (TPSA) is 20.3 Å². The van der Waals surface area contributed by atoms with Crippen molar-refractivity contribution in [3.63, 3.8) is 0 Å². The van der Waals surface area contributed by atoms with E-state index in [1.807, 2.05) is 7.05 Å². The van der Waals surface area contributed by atoms with Gasteiger partial charge in [0.15, 0.2) is 0 Å². The molecular weight excluding hydrogens is 126 g/mol. The number of ketones is 1. The van der Waals surface area contributed by atoms with Gasteiger partial charge in [0.2, 0.25) is 0 Å². The average Bonchev–Trinajstić information content (AvgIpc) is 2.10. The number of carbonyl (C=O) groups is 1. The number of carbonyl (C=O) groups excluding carboxylic acids is 1. The van der Waals surface area contributed by atoms with Crippen molar-refractivity contribution in [1.82, 2.24) is 4.90 Å². The number of likely N-dealkylation sites (tertiary alicyclic amines) is 1. The van der Waals surface area contributed by atoms with E-state index in [2.05, 4.69) is 11.8 Å². The third-order valence-corrected chi connectivity index (χ3v) is 2.23. The van der Waals surface area contributed by atoms with Crippen molar-refractivity contribution >= 4 is 5.78 Å². The van der Waals surface area contributed by atoms with E-state index >= 15 is 0 Å². The molecule has 0 aromatic heterocycles. The minimum atomic E-state index is 0.204. The van der Waals surface area contributed by atoms with E-state index in [-0.39, 0.29) is 6.04 Å². The number of rotatable bonds is 1. The van der Waals surface area contributed by atoms with Gasteiger partial charge in [-0.25, -0.2) is 0 Å². The van der Waals surface area contributed by atoms with Crippen LogP contribution in [0.25, 0.3) is 0 Å². The van der Waals surface area contributed by atoms with E-state index in [0.717, 1.165) is 13.0 Å². The molecular formula is C8H15NO. The number of nitrogens with zero attached hydrogens (tertiary/aromatic N) is 1. The SMILES string of the molecule is CC(=O)[C@@H]1CC(C)CN1C. The predicted molar refractivity (Wildman–Crippen MR) is 40.9 cm³/mol. The molecule has 0 radical (unpaired) electrons. The monoisotopic (exact) mass is 141 g/mol. The normalized spacial score (nSPS) is 34.7. The van der Waals surface area contributed by atoms with Crippen LogP contribution in [0.2, 0.25) is 0 Å². The van der Waals surface area contributed by atoms with Gasteiger partial charge in [-0.15, -0.1) is 0 Å². The molecule has 1 aliphatic heterocycles. The maximum atomic E-state index is 11.0. The van der Waals surface area contributed by atoms with Crippen LogP contribution in [0.5, 0.6) is 0 Å². The second-order valence-corrected chi connectivity index (χ2v) is 3.41. The fourth-order valence-corrected chi connectivity index (χ4v) is 1.73. The van der Waals surface area contributed by atoms with Gasteiger partial charge in [-0.1, -0.05) is 6.92 Å². The number of likely N-dealkylation sites (N-methyl/N-ethyl adjacent to an activating group) is 1. The zero-order valence-corrected chi connectivity index (χ0v) is 6.92. The summed E-state index contributed by atoms with van der Waals surface area (Å²) in [6, 6.07) is 0.204. The Bertz CT molecular complexity index is 144. The molecule has 0 aliphatic carbocycles. The lowest BCUT2D eigenvalue weighted by molar-refractivity contribution is -0.120. The van der Waals surface area contributed by atoms with Gasteiger partial charge < -0.3 is 0 Å². The molecule has 0 spiro atoms. The molecule has 2 heteroatoms.